The lowest BCUT2D eigenvalue weighted by atomic mass is 10.4. The summed E-state index contributed by atoms with van der Waals surface area (Å²) in [6, 6.07) is 0. The molecule has 88 valence electrons. The second-order valence-electron chi connectivity index (χ2n) is 2.69. The molecule has 0 aliphatic carbocycles. The summed E-state index contributed by atoms with van der Waals surface area (Å²) < 4.78 is 5.77. The van der Waals surface area contributed by atoms with Gasteiger partial charge in [0.05, 0.1) is 6.61 Å². The molecule has 0 aliphatic rings. The third kappa shape index (κ3) is 11.2. The third-order valence-electron chi connectivity index (χ3n) is 1.41. The fourth-order valence-electron chi connectivity index (χ4n) is 0.741. The van der Waals surface area contributed by atoms with Crippen molar-refractivity contribution in [2.75, 3.05) is 24.1 Å². The van der Waals surface area contributed by atoms with Crippen LogP contribution in [0.5, 0.6) is 0 Å². The summed E-state index contributed by atoms with van der Waals surface area (Å²) in [5.41, 5.74) is 0. The number of carbonyl (C=O) groups is 2. The summed E-state index contributed by atoms with van der Waals surface area (Å²) >= 11 is 2.22. The number of hydrogen-bond donors (Lipinski definition) is 3. The van der Waals surface area contributed by atoms with Crippen LogP contribution in [0.25, 0.3) is 0 Å². The minimum Gasteiger partial charge on any atom is -0.465 e. The van der Waals surface area contributed by atoms with Gasteiger partial charge in [0.2, 0.25) is 0 Å². The molecule has 0 radical (unpaired) electrons. The lowest BCUT2D eigenvalue weighted by Crippen LogP contribution is -2.27. The van der Waals surface area contributed by atoms with Crippen molar-refractivity contribution in [3.8, 4) is 0 Å². The van der Waals surface area contributed by atoms with Crippen LogP contribution in [0.15, 0.2) is 0 Å². The van der Waals surface area contributed by atoms with Gasteiger partial charge in [-0.15, -0.1) is 0 Å². The maximum Gasteiger partial charge on any atom is 0.407 e. The molecule has 0 aliphatic heterocycles. The molecule has 3 N–H and O–H groups in total. The van der Waals surface area contributed by atoms with Crippen LogP contribution < -0.4 is 10.6 Å². The summed E-state index contributed by atoms with van der Waals surface area (Å²) in [5.74, 6) is 0. The Morgan fingerprint density at radius 3 is 2.47 bits per heavy atom. The highest BCUT2D eigenvalue weighted by atomic mass is 127. The molecule has 0 aromatic carbocycles. The number of alkyl carbamates (subject to hydrolysis) is 1. The quantitative estimate of drug-likeness (QED) is 0.372. The van der Waals surface area contributed by atoms with Crippen molar-refractivity contribution in [1.29, 1.82) is 0 Å². The Kier molecular flexibility index (Phi) is 9.33. The molecule has 0 unspecified atom stereocenters. The fraction of sp³-hybridized carbons (Fsp3) is 0.750. The van der Waals surface area contributed by atoms with Gasteiger partial charge in [0, 0.05) is 17.5 Å². The minimum absolute atomic E-state index is 0.219. The highest BCUT2D eigenvalue weighted by Crippen LogP contribution is 1.87. The fourth-order valence-corrected chi connectivity index (χ4v) is 1.12. The summed E-state index contributed by atoms with van der Waals surface area (Å²) in [4.78, 5) is 21.0. The van der Waals surface area contributed by atoms with E-state index in [-0.39, 0.29) is 13.2 Å². The first-order chi connectivity index (χ1) is 7.16. The Balaban J connectivity index is 3.20. The molecule has 0 heterocycles. The van der Waals surface area contributed by atoms with Crippen molar-refractivity contribution in [1.82, 2.24) is 10.6 Å². The number of ether oxygens (including phenoxy) is 1. The summed E-state index contributed by atoms with van der Waals surface area (Å²) in [6.07, 6.45) is -0.126. The van der Waals surface area contributed by atoms with Crippen LogP contribution >= 0.6 is 22.6 Å². The smallest absolute Gasteiger partial charge is 0.407 e. The van der Waals surface area contributed by atoms with Gasteiger partial charge in [-0.3, -0.25) is 0 Å². The molecule has 0 aromatic heterocycles. The Morgan fingerprint density at radius 2 is 1.87 bits per heavy atom. The predicted molar refractivity (Wildman–Crippen MR) is 63.5 cm³/mol. The van der Waals surface area contributed by atoms with Crippen molar-refractivity contribution in [2.24, 2.45) is 0 Å². The van der Waals surface area contributed by atoms with Crippen LogP contribution in [0.2, 0.25) is 0 Å². The highest BCUT2D eigenvalue weighted by Gasteiger charge is 2.00. The number of halogens is 1. The van der Waals surface area contributed by atoms with Crippen molar-refractivity contribution in [3.63, 3.8) is 0 Å². The maximum absolute atomic E-state index is 10.9. The van der Waals surface area contributed by atoms with Gasteiger partial charge in [-0.25, -0.2) is 9.59 Å². The number of amides is 2. The maximum atomic E-state index is 10.9. The number of nitrogens with one attached hydrogen (secondary N) is 2. The molecular formula is C8H15IN2O4. The first-order valence-corrected chi connectivity index (χ1v) is 6.12. The van der Waals surface area contributed by atoms with Crippen molar-refractivity contribution < 1.29 is 19.4 Å². The molecule has 0 bridgehead atoms. The van der Waals surface area contributed by atoms with Crippen molar-refractivity contribution in [2.45, 2.75) is 12.8 Å². The Morgan fingerprint density at radius 1 is 1.20 bits per heavy atom. The number of alkyl halides is 1. The summed E-state index contributed by atoms with van der Waals surface area (Å²) in [5, 5.41) is 13.0. The van der Waals surface area contributed by atoms with Gasteiger partial charge in [0.25, 0.3) is 0 Å². The van der Waals surface area contributed by atoms with E-state index in [1.807, 2.05) is 0 Å². The SMILES string of the molecule is O=C(O)NCCCOC(=O)NCCCI. The summed E-state index contributed by atoms with van der Waals surface area (Å²) in [6.45, 7) is 1.11. The van der Waals surface area contributed by atoms with E-state index in [0.717, 1.165) is 10.8 Å². The molecule has 6 nitrogen and oxygen atoms in total. The second kappa shape index (κ2) is 9.81. The molecule has 0 atom stereocenters. The van der Waals surface area contributed by atoms with E-state index >= 15 is 0 Å². The van der Waals surface area contributed by atoms with Gasteiger partial charge in [-0.1, -0.05) is 22.6 Å². The molecule has 0 saturated heterocycles. The molecule has 0 fully saturated rings. The van der Waals surface area contributed by atoms with E-state index in [4.69, 9.17) is 9.84 Å². The topological polar surface area (TPSA) is 87.7 Å². The molecule has 7 heteroatoms. The van der Waals surface area contributed by atoms with Crippen LogP contribution in [0, 0.1) is 0 Å². The molecule has 0 saturated carbocycles. The Labute approximate surface area is 102 Å². The first-order valence-electron chi connectivity index (χ1n) is 4.60. The van der Waals surface area contributed by atoms with E-state index in [1.54, 1.807) is 0 Å². The molecular weight excluding hydrogens is 315 g/mol. The Bertz CT molecular complexity index is 201. The van der Waals surface area contributed by atoms with Gasteiger partial charge in [0.1, 0.15) is 0 Å². The lowest BCUT2D eigenvalue weighted by molar-refractivity contribution is 0.144. The van der Waals surface area contributed by atoms with Gasteiger partial charge >= 0.3 is 12.2 Å². The van der Waals surface area contributed by atoms with Crippen molar-refractivity contribution >= 4 is 34.8 Å². The zero-order valence-electron chi connectivity index (χ0n) is 8.29. The van der Waals surface area contributed by atoms with E-state index < -0.39 is 12.2 Å². The third-order valence-corrected chi connectivity index (χ3v) is 2.17. The van der Waals surface area contributed by atoms with E-state index in [2.05, 4.69) is 33.2 Å². The number of carboxylic acid groups (broad SMARTS) is 1. The highest BCUT2D eigenvalue weighted by molar-refractivity contribution is 14.1. The van der Waals surface area contributed by atoms with Gasteiger partial charge in [-0.2, -0.15) is 0 Å². The van der Waals surface area contributed by atoms with Crippen LogP contribution in [-0.2, 0) is 4.74 Å². The normalized spacial score (nSPS) is 9.40. The minimum atomic E-state index is -1.07. The van der Waals surface area contributed by atoms with Crippen LogP contribution in [0.3, 0.4) is 0 Å². The molecule has 15 heavy (non-hydrogen) atoms. The zero-order valence-corrected chi connectivity index (χ0v) is 10.5. The van der Waals surface area contributed by atoms with Crippen LogP contribution in [0.4, 0.5) is 9.59 Å². The largest absolute Gasteiger partial charge is 0.465 e. The van der Waals surface area contributed by atoms with Gasteiger partial charge in [-0.05, 0) is 12.8 Å². The Hall–Kier alpha value is -0.730. The van der Waals surface area contributed by atoms with Gasteiger partial charge in [0.15, 0.2) is 0 Å². The molecule has 0 rings (SSSR count). The van der Waals surface area contributed by atoms with Crippen LogP contribution in [0.1, 0.15) is 12.8 Å². The number of hydrogen-bond acceptors (Lipinski definition) is 3. The second-order valence-corrected chi connectivity index (χ2v) is 3.77. The zero-order chi connectivity index (χ0) is 11.5. The first kappa shape index (κ1) is 14.3. The standard InChI is InChI=1S/C8H15IN2O4/c9-3-1-4-11-8(14)15-6-2-5-10-7(12)13/h10H,1-6H2,(H,11,14)(H,12,13). The molecule has 2 amide bonds. The monoisotopic (exact) mass is 330 g/mol. The van der Waals surface area contributed by atoms with E-state index in [0.29, 0.717) is 13.0 Å². The van der Waals surface area contributed by atoms with Crippen LogP contribution in [-0.4, -0.2) is 41.4 Å². The van der Waals surface area contributed by atoms with Gasteiger partial charge < -0.3 is 20.5 Å². The average molecular weight is 330 g/mol. The lowest BCUT2D eigenvalue weighted by Gasteiger charge is -2.05. The van der Waals surface area contributed by atoms with Crippen molar-refractivity contribution in [3.05, 3.63) is 0 Å². The van der Waals surface area contributed by atoms with E-state index in [1.165, 1.54) is 0 Å². The number of rotatable bonds is 7. The van der Waals surface area contributed by atoms with E-state index in [9.17, 15) is 9.59 Å². The average Bonchev–Trinajstić information content (AvgIpc) is 2.17. The molecule has 0 spiro atoms. The predicted octanol–water partition coefficient (Wildman–Crippen LogP) is 1.20. The summed E-state index contributed by atoms with van der Waals surface area (Å²) in [7, 11) is 0. The number of carbonyl (C=O) groups excluding carboxylic acids is 1. The molecule has 0 aromatic rings.